The van der Waals surface area contributed by atoms with Crippen molar-refractivity contribution >= 4 is 6.09 Å². The van der Waals surface area contributed by atoms with Crippen LogP contribution >= 0.6 is 0 Å². The first-order valence-electron chi connectivity index (χ1n) is 5.81. The van der Waals surface area contributed by atoms with Crippen LogP contribution in [-0.2, 0) is 11.3 Å². The maximum atomic E-state index is 13.8. The van der Waals surface area contributed by atoms with E-state index < -0.39 is 17.7 Å². The minimum atomic E-state index is -0.934. The Morgan fingerprint density at radius 3 is 2.70 bits per heavy atom. The molecule has 0 bridgehead atoms. The molecule has 0 saturated heterocycles. The molecular formula is C14H12F2N2O2. The van der Waals surface area contributed by atoms with Crippen LogP contribution in [0.15, 0.2) is 30.3 Å². The fourth-order valence-corrected chi connectivity index (χ4v) is 1.77. The standard InChI is InChI=1S/C14H12F2N2O2/c1-8-2-3-9(7-20-14(17)19)13(18-8)11-5-4-10(15)6-12(11)16/h2-6H,7H2,1H3,(H2,17,19). The van der Waals surface area contributed by atoms with Crippen molar-refractivity contribution < 1.29 is 18.3 Å². The van der Waals surface area contributed by atoms with Gasteiger partial charge < -0.3 is 10.5 Å². The van der Waals surface area contributed by atoms with E-state index in [4.69, 9.17) is 10.5 Å². The fraction of sp³-hybridized carbons (Fsp3) is 0.143. The van der Waals surface area contributed by atoms with Crippen LogP contribution in [0.4, 0.5) is 13.6 Å². The molecule has 0 aliphatic rings. The molecule has 0 unspecified atom stereocenters. The zero-order chi connectivity index (χ0) is 14.7. The second-order valence-corrected chi connectivity index (χ2v) is 4.19. The van der Waals surface area contributed by atoms with Crippen molar-refractivity contribution in [2.45, 2.75) is 13.5 Å². The monoisotopic (exact) mass is 278 g/mol. The van der Waals surface area contributed by atoms with Gasteiger partial charge in [0.25, 0.3) is 0 Å². The van der Waals surface area contributed by atoms with Crippen molar-refractivity contribution in [3.8, 4) is 11.3 Å². The van der Waals surface area contributed by atoms with Crippen molar-refractivity contribution in [1.29, 1.82) is 0 Å². The molecule has 0 saturated carbocycles. The predicted molar refractivity (Wildman–Crippen MR) is 68.7 cm³/mol. The number of rotatable bonds is 3. The lowest BCUT2D eigenvalue weighted by Crippen LogP contribution is -2.13. The SMILES string of the molecule is Cc1ccc(COC(N)=O)c(-c2ccc(F)cc2F)n1. The van der Waals surface area contributed by atoms with Crippen LogP contribution in [0.1, 0.15) is 11.3 Å². The summed E-state index contributed by atoms with van der Waals surface area (Å²) in [5.74, 6) is -1.41. The fourth-order valence-electron chi connectivity index (χ4n) is 1.77. The number of halogens is 2. The molecule has 1 aromatic carbocycles. The Hall–Kier alpha value is -2.50. The van der Waals surface area contributed by atoms with Crippen molar-refractivity contribution in [2.75, 3.05) is 0 Å². The lowest BCUT2D eigenvalue weighted by molar-refractivity contribution is 0.150. The zero-order valence-corrected chi connectivity index (χ0v) is 10.7. The van der Waals surface area contributed by atoms with Crippen molar-refractivity contribution in [3.63, 3.8) is 0 Å². The number of aromatic nitrogens is 1. The van der Waals surface area contributed by atoms with Gasteiger partial charge in [-0.05, 0) is 25.1 Å². The topological polar surface area (TPSA) is 65.2 Å². The van der Waals surface area contributed by atoms with Gasteiger partial charge in [0.15, 0.2) is 0 Å². The average Bonchev–Trinajstić information content (AvgIpc) is 2.37. The minimum absolute atomic E-state index is 0.130. The number of hydrogen-bond donors (Lipinski definition) is 1. The van der Waals surface area contributed by atoms with E-state index in [0.29, 0.717) is 17.0 Å². The highest BCUT2D eigenvalue weighted by atomic mass is 19.1. The first-order chi connectivity index (χ1) is 9.47. The highest BCUT2D eigenvalue weighted by molar-refractivity contribution is 5.66. The second-order valence-electron chi connectivity index (χ2n) is 4.19. The molecule has 0 aliphatic carbocycles. The summed E-state index contributed by atoms with van der Waals surface area (Å²) < 4.78 is 31.5. The first kappa shape index (κ1) is 13.9. The van der Waals surface area contributed by atoms with Gasteiger partial charge in [-0.25, -0.2) is 13.6 Å². The lowest BCUT2D eigenvalue weighted by Gasteiger charge is -2.10. The van der Waals surface area contributed by atoms with Gasteiger partial charge in [0.05, 0.1) is 5.69 Å². The van der Waals surface area contributed by atoms with Gasteiger partial charge in [-0.3, -0.25) is 4.98 Å². The van der Waals surface area contributed by atoms with E-state index in [0.717, 1.165) is 12.1 Å². The minimum Gasteiger partial charge on any atom is -0.445 e. The Balaban J connectivity index is 2.48. The summed E-state index contributed by atoms with van der Waals surface area (Å²) in [6.45, 7) is 1.61. The first-order valence-corrected chi connectivity index (χ1v) is 5.81. The Labute approximate surface area is 114 Å². The van der Waals surface area contributed by atoms with Gasteiger partial charge >= 0.3 is 6.09 Å². The quantitative estimate of drug-likeness (QED) is 0.938. The molecule has 0 aliphatic heterocycles. The number of carbonyl (C=O) groups excluding carboxylic acids is 1. The molecule has 0 spiro atoms. The third-order valence-electron chi connectivity index (χ3n) is 2.67. The van der Waals surface area contributed by atoms with Gasteiger partial charge in [-0.1, -0.05) is 6.07 Å². The number of nitrogens with zero attached hydrogens (tertiary/aromatic N) is 1. The smallest absolute Gasteiger partial charge is 0.404 e. The molecule has 1 aromatic heterocycles. The van der Waals surface area contributed by atoms with E-state index in [1.165, 1.54) is 6.07 Å². The molecular weight excluding hydrogens is 266 g/mol. The van der Waals surface area contributed by atoms with E-state index in [-0.39, 0.29) is 12.2 Å². The number of primary amides is 1. The maximum absolute atomic E-state index is 13.8. The average molecular weight is 278 g/mol. The normalized spacial score (nSPS) is 10.3. The molecule has 6 heteroatoms. The lowest BCUT2D eigenvalue weighted by atomic mass is 10.0. The maximum Gasteiger partial charge on any atom is 0.404 e. The summed E-state index contributed by atoms with van der Waals surface area (Å²) in [6.07, 6.45) is -0.934. The van der Waals surface area contributed by atoms with Gasteiger partial charge in [0.1, 0.15) is 18.2 Å². The molecule has 1 heterocycles. The summed E-state index contributed by atoms with van der Waals surface area (Å²) in [6, 6.07) is 6.56. The van der Waals surface area contributed by atoms with E-state index >= 15 is 0 Å². The summed E-state index contributed by atoms with van der Waals surface area (Å²) in [5.41, 5.74) is 6.48. The molecule has 0 fully saturated rings. The Bertz CT molecular complexity index is 660. The van der Waals surface area contributed by atoms with Crippen LogP contribution in [0.25, 0.3) is 11.3 Å². The number of ether oxygens (including phenoxy) is 1. The molecule has 2 aromatic rings. The summed E-state index contributed by atoms with van der Waals surface area (Å²) in [7, 11) is 0. The van der Waals surface area contributed by atoms with Gasteiger partial charge in [-0.2, -0.15) is 0 Å². The Kier molecular flexibility index (Phi) is 3.93. The summed E-state index contributed by atoms with van der Waals surface area (Å²) in [4.78, 5) is 14.9. The molecule has 0 radical (unpaired) electrons. The predicted octanol–water partition coefficient (Wildman–Crippen LogP) is 2.93. The number of hydrogen-bond acceptors (Lipinski definition) is 3. The second kappa shape index (κ2) is 5.64. The number of benzene rings is 1. The van der Waals surface area contributed by atoms with Crippen LogP contribution in [0, 0.1) is 18.6 Å². The zero-order valence-electron chi connectivity index (χ0n) is 10.7. The molecule has 104 valence electrons. The van der Waals surface area contributed by atoms with E-state index in [1.54, 1.807) is 19.1 Å². The number of amides is 1. The van der Waals surface area contributed by atoms with Crippen LogP contribution in [0.2, 0.25) is 0 Å². The van der Waals surface area contributed by atoms with Crippen LogP contribution in [-0.4, -0.2) is 11.1 Å². The summed E-state index contributed by atoms with van der Waals surface area (Å²) in [5, 5.41) is 0. The van der Waals surface area contributed by atoms with E-state index in [1.807, 2.05) is 0 Å². The van der Waals surface area contributed by atoms with E-state index in [9.17, 15) is 13.6 Å². The number of aryl methyl sites for hydroxylation is 1. The Morgan fingerprint density at radius 1 is 1.30 bits per heavy atom. The van der Waals surface area contributed by atoms with Gasteiger partial charge in [-0.15, -0.1) is 0 Å². The highest BCUT2D eigenvalue weighted by Crippen LogP contribution is 2.26. The summed E-state index contributed by atoms with van der Waals surface area (Å²) >= 11 is 0. The van der Waals surface area contributed by atoms with Crippen molar-refractivity contribution in [1.82, 2.24) is 4.98 Å². The van der Waals surface area contributed by atoms with Crippen molar-refractivity contribution in [2.24, 2.45) is 5.73 Å². The number of carbonyl (C=O) groups is 1. The molecule has 2 rings (SSSR count). The van der Waals surface area contributed by atoms with E-state index in [2.05, 4.69) is 4.98 Å². The molecule has 0 atom stereocenters. The number of nitrogens with two attached hydrogens (primary N) is 1. The molecule has 1 amide bonds. The highest BCUT2D eigenvalue weighted by Gasteiger charge is 2.13. The Morgan fingerprint density at radius 2 is 2.05 bits per heavy atom. The van der Waals surface area contributed by atoms with Gasteiger partial charge in [0.2, 0.25) is 0 Å². The third-order valence-corrected chi connectivity index (χ3v) is 2.67. The third kappa shape index (κ3) is 3.09. The molecule has 4 nitrogen and oxygen atoms in total. The van der Waals surface area contributed by atoms with Gasteiger partial charge in [0, 0.05) is 22.9 Å². The molecule has 20 heavy (non-hydrogen) atoms. The van der Waals surface area contributed by atoms with Crippen molar-refractivity contribution in [3.05, 3.63) is 53.2 Å². The molecule has 2 N–H and O–H groups in total. The largest absolute Gasteiger partial charge is 0.445 e. The van der Waals surface area contributed by atoms with Crippen LogP contribution in [0.5, 0.6) is 0 Å². The van der Waals surface area contributed by atoms with Crippen LogP contribution in [0.3, 0.4) is 0 Å². The van der Waals surface area contributed by atoms with Crippen LogP contribution < -0.4 is 5.73 Å². The number of pyridine rings is 1.